The van der Waals surface area contributed by atoms with E-state index in [1.54, 1.807) is 13.0 Å². The van der Waals surface area contributed by atoms with Gasteiger partial charge in [-0.2, -0.15) is 0 Å². The second-order valence-electron chi connectivity index (χ2n) is 4.45. The van der Waals surface area contributed by atoms with E-state index in [-0.39, 0.29) is 17.5 Å². The van der Waals surface area contributed by atoms with E-state index in [1.807, 2.05) is 0 Å². The van der Waals surface area contributed by atoms with Crippen molar-refractivity contribution in [2.75, 3.05) is 0 Å². The molecule has 7 heteroatoms. The van der Waals surface area contributed by atoms with Gasteiger partial charge in [0.2, 0.25) is 0 Å². The van der Waals surface area contributed by atoms with Gasteiger partial charge in [0.25, 0.3) is 5.69 Å². The Bertz CT molecular complexity index is 690. The predicted molar refractivity (Wildman–Crippen MR) is 72.1 cm³/mol. The Balaban J connectivity index is 2.28. The van der Waals surface area contributed by atoms with Gasteiger partial charge in [-0.15, -0.1) is 0 Å². The third kappa shape index (κ3) is 3.32. The topological polar surface area (TPSA) is 78.4 Å². The average molecular weight is 294 g/mol. The summed E-state index contributed by atoms with van der Waals surface area (Å²) in [7, 11) is 0. The van der Waals surface area contributed by atoms with Crippen LogP contribution in [0.25, 0.3) is 0 Å². The van der Waals surface area contributed by atoms with Crippen LogP contribution in [-0.2, 0) is 0 Å². The highest BCUT2D eigenvalue weighted by Gasteiger charge is 2.14. The SMILES string of the molecule is C[C@H](N)c1ccc(Oc2ccc([N+](=O)[O-])cc2F)c(F)c1. The van der Waals surface area contributed by atoms with Crippen LogP contribution in [0.15, 0.2) is 36.4 Å². The summed E-state index contributed by atoms with van der Waals surface area (Å²) in [6, 6.07) is 6.61. The third-order valence-electron chi connectivity index (χ3n) is 2.83. The van der Waals surface area contributed by atoms with E-state index < -0.39 is 22.2 Å². The molecule has 0 unspecified atom stereocenters. The molecular weight excluding hydrogens is 282 g/mol. The van der Waals surface area contributed by atoms with Gasteiger partial charge < -0.3 is 10.5 Å². The molecule has 110 valence electrons. The lowest BCUT2D eigenvalue weighted by atomic mass is 10.1. The molecule has 2 rings (SSSR count). The number of nitrogens with two attached hydrogens (primary N) is 1. The van der Waals surface area contributed by atoms with Crippen LogP contribution in [0.5, 0.6) is 11.5 Å². The molecule has 0 aliphatic rings. The number of nitro groups is 1. The van der Waals surface area contributed by atoms with Crippen molar-refractivity contribution in [3.8, 4) is 11.5 Å². The maximum Gasteiger partial charge on any atom is 0.272 e. The molecule has 5 nitrogen and oxygen atoms in total. The summed E-state index contributed by atoms with van der Waals surface area (Å²) in [6.07, 6.45) is 0. The molecule has 0 aromatic heterocycles. The molecule has 0 spiro atoms. The highest BCUT2D eigenvalue weighted by molar-refractivity contribution is 5.41. The van der Waals surface area contributed by atoms with Crippen LogP contribution in [0, 0.1) is 21.7 Å². The number of hydrogen-bond acceptors (Lipinski definition) is 4. The molecule has 0 fully saturated rings. The van der Waals surface area contributed by atoms with Crippen molar-refractivity contribution in [2.45, 2.75) is 13.0 Å². The van der Waals surface area contributed by atoms with Gasteiger partial charge in [0.15, 0.2) is 23.1 Å². The van der Waals surface area contributed by atoms with E-state index in [2.05, 4.69) is 0 Å². The molecule has 0 amide bonds. The smallest absolute Gasteiger partial charge is 0.272 e. The molecule has 0 aliphatic carbocycles. The van der Waals surface area contributed by atoms with Gasteiger partial charge in [-0.25, -0.2) is 8.78 Å². The Hall–Kier alpha value is -2.54. The highest BCUT2D eigenvalue weighted by Crippen LogP contribution is 2.30. The number of rotatable bonds is 4. The number of benzene rings is 2. The first kappa shape index (κ1) is 14.9. The minimum atomic E-state index is -0.945. The zero-order chi connectivity index (χ0) is 15.6. The number of ether oxygens (including phenoxy) is 1. The molecule has 1 atom stereocenters. The Morgan fingerprint density at radius 2 is 1.71 bits per heavy atom. The Labute approximate surface area is 119 Å². The van der Waals surface area contributed by atoms with E-state index in [4.69, 9.17) is 10.5 Å². The lowest BCUT2D eigenvalue weighted by Crippen LogP contribution is -2.05. The molecule has 0 bridgehead atoms. The number of nitrogens with zero attached hydrogens (tertiary/aromatic N) is 1. The van der Waals surface area contributed by atoms with Crippen LogP contribution in [-0.4, -0.2) is 4.92 Å². The minimum absolute atomic E-state index is 0.188. The van der Waals surface area contributed by atoms with Crippen LogP contribution in [0.3, 0.4) is 0 Å². The van der Waals surface area contributed by atoms with Crippen molar-refractivity contribution >= 4 is 5.69 Å². The molecule has 0 aliphatic heterocycles. The Kier molecular flexibility index (Phi) is 4.13. The fourth-order valence-electron chi connectivity index (χ4n) is 1.69. The van der Waals surface area contributed by atoms with E-state index in [0.29, 0.717) is 11.6 Å². The number of non-ortho nitro benzene ring substituents is 1. The predicted octanol–water partition coefficient (Wildman–Crippen LogP) is 3.69. The second-order valence-corrected chi connectivity index (χ2v) is 4.45. The van der Waals surface area contributed by atoms with Crippen molar-refractivity contribution < 1.29 is 18.4 Å². The number of halogens is 2. The monoisotopic (exact) mass is 294 g/mol. The molecule has 0 heterocycles. The van der Waals surface area contributed by atoms with E-state index >= 15 is 0 Å². The molecule has 2 aromatic rings. The first-order valence-corrected chi connectivity index (χ1v) is 6.05. The second kappa shape index (κ2) is 5.84. The van der Waals surface area contributed by atoms with Crippen molar-refractivity contribution in [3.05, 3.63) is 63.7 Å². The summed E-state index contributed by atoms with van der Waals surface area (Å²) < 4.78 is 32.6. The maximum atomic E-state index is 13.8. The molecule has 0 radical (unpaired) electrons. The lowest BCUT2D eigenvalue weighted by molar-refractivity contribution is -0.385. The molecule has 21 heavy (non-hydrogen) atoms. The average Bonchev–Trinajstić information content (AvgIpc) is 2.42. The summed E-state index contributed by atoms with van der Waals surface area (Å²) in [6.45, 7) is 1.70. The van der Waals surface area contributed by atoms with Crippen LogP contribution in [0.1, 0.15) is 18.5 Å². The van der Waals surface area contributed by atoms with E-state index in [1.165, 1.54) is 12.1 Å². The minimum Gasteiger partial charge on any atom is -0.451 e. The quantitative estimate of drug-likeness (QED) is 0.689. The van der Waals surface area contributed by atoms with E-state index in [9.17, 15) is 18.9 Å². The fourth-order valence-corrected chi connectivity index (χ4v) is 1.69. The van der Waals surface area contributed by atoms with Gasteiger partial charge in [-0.05, 0) is 30.7 Å². The molecule has 2 N–H and O–H groups in total. The van der Waals surface area contributed by atoms with Crippen LogP contribution in [0.4, 0.5) is 14.5 Å². The summed E-state index contributed by atoms with van der Waals surface area (Å²) >= 11 is 0. The van der Waals surface area contributed by atoms with Crippen molar-refractivity contribution in [1.29, 1.82) is 0 Å². The van der Waals surface area contributed by atoms with Crippen LogP contribution < -0.4 is 10.5 Å². The van der Waals surface area contributed by atoms with E-state index in [0.717, 1.165) is 12.1 Å². The van der Waals surface area contributed by atoms with Crippen molar-refractivity contribution in [3.63, 3.8) is 0 Å². The zero-order valence-electron chi connectivity index (χ0n) is 11.0. The first-order valence-electron chi connectivity index (χ1n) is 6.05. The van der Waals surface area contributed by atoms with Crippen LogP contribution in [0.2, 0.25) is 0 Å². The van der Waals surface area contributed by atoms with Gasteiger partial charge in [-0.3, -0.25) is 10.1 Å². The summed E-state index contributed by atoms with van der Waals surface area (Å²) in [5.41, 5.74) is 5.79. The standard InChI is InChI=1S/C14H12F2N2O3/c1-8(17)9-2-4-13(11(15)6-9)21-14-5-3-10(18(19)20)7-12(14)16/h2-8H,17H2,1H3/t8-/m0/s1. The van der Waals surface area contributed by atoms with Gasteiger partial charge in [0.05, 0.1) is 11.0 Å². The lowest BCUT2D eigenvalue weighted by Gasteiger charge is -2.10. The van der Waals surface area contributed by atoms with Gasteiger partial charge >= 0.3 is 0 Å². The summed E-state index contributed by atoms with van der Waals surface area (Å²) in [5, 5.41) is 10.5. The maximum absolute atomic E-state index is 13.8. The Morgan fingerprint density at radius 3 is 2.19 bits per heavy atom. The normalized spacial score (nSPS) is 12.0. The van der Waals surface area contributed by atoms with Gasteiger partial charge in [0, 0.05) is 12.1 Å². The van der Waals surface area contributed by atoms with Crippen molar-refractivity contribution in [1.82, 2.24) is 0 Å². The number of hydrogen-bond donors (Lipinski definition) is 1. The molecule has 0 saturated carbocycles. The largest absolute Gasteiger partial charge is 0.451 e. The number of nitro benzene ring substituents is 1. The summed E-state index contributed by atoms with van der Waals surface area (Å²) in [5.74, 6) is -2.12. The third-order valence-corrected chi connectivity index (χ3v) is 2.83. The highest BCUT2D eigenvalue weighted by atomic mass is 19.1. The zero-order valence-corrected chi connectivity index (χ0v) is 11.0. The van der Waals surface area contributed by atoms with Crippen molar-refractivity contribution in [2.24, 2.45) is 5.73 Å². The molecule has 0 saturated heterocycles. The van der Waals surface area contributed by atoms with Crippen LogP contribution >= 0.6 is 0 Å². The molecular formula is C14H12F2N2O3. The van der Waals surface area contributed by atoms with Gasteiger partial charge in [-0.1, -0.05) is 6.07 Å². The van der Waals surface area contributed by atoms with Gasteiger partial charge in [0.1, 0.15) is 0 Å². The summed E-state index contributed by atoms with van der Waals surface area (Å²) in [4.78, 5) is 9.77. The Morgan fingerprint density at radius 1 is 1.14 bits per heavy atom. The first-order chi connectivity index (χ1) is 9.88. The fraction of sp³-hybridized carbons (Fsp3) is 0.143. The molecule has 2 aromatic carbocycles.